The molecule has 1 aliphatic rings. The molecule has 1 nitrogen and oxygen atoms in total. The van der Waals surface area contributed by atoms with Crippen LogP contribution in [0.15, 0.2) is 29.0 Å². The lowest BCUT2D eigenvalue weighted by molar-refractivity contribution is 0.350. The molecule has 71 valence electrons. The Hall–Kier alpha value is -0.780. The summed E-state index contributed by atoms with van der Waals surface area (Å²) in [4.78, 5) is 2.21. The first-order valence-electron chi connectivity index (χ1n) is 4.68. The van der Waals surface area contributed by atoms with E-state index in [1.807, 2.05) is 0 Å². The smallest absolute Gasteiger partial charge is 0.0357 e. The van der Waals surface area contributed by atoms with E-state index < -0.39 is 0 Å². The van der Waals surface area contributed by atoms with E-state index in [1.54, 1.807) is 0 Å². The van der Waals surface area contributed by atoms with Crippen LogP contribution in [0.25, 0.3) is 0 Å². The van der Waals surface area contributed by atoms with Crippen molar-refractivity contribution in [2.45, 2.75) is 26.8 Å². The molecule has 0 saturated heterocycles. The monoisotopic (exact) mass is 176 g/mol. The van der Waals surface area contributed by atoms with Crippen molar-refractivity contribution in [1.29, 1.82) is 0 Å². The lowest BCUT2D eigenvalue weighted by Crippen LogP contribution is -2.28. The van der Waals surface area contributed by atoms with Gasteiger partial charge in [0.2, 0.25) is 0 Å². The van der Waals surface area contributed by atoms with E-state index in [-0.39, 0.29) is 0 Å². The van der Waals surface area contributed by atoms with Crippen LogP contribution in [0.2, 0.25) is 0 Å². The van der Waals surface area contributed by atoms with E-state index in [1.165, 1.54) is 17.1 Å². The molecule has 0 aromatic carbocycles. The second-order valence-electron chi connectivity index (χ2n) is 3.88. The van der Waals surface area contributed by atoms with Gasteiger partial charge in [-0.15, -0.1) is 5.73 Å². The van der Waals surface area contributed by atoms with Crippen molar-refractivity contribution in [3.63, 3.8) is 0 Å². The molecule has 1 aliphatic carbocycles. The molecule has 0 aromatic heterocycles. The molecule has 1 rings (SSSR count). The van der Waals surface area contributed by atoms with Gasteiger partial charge >= 0.3 is 0 Å². The van der Waals surface area contributed by atoms with Gasteiger partial charge in [-0.3, -0.25) is 0 Å². The fraction of sp³-hybridized carbons (Fsp3) is 0.500. The van der Waals surface area contributed by atoms with Gasteiger partial charge in [0.1, 0.15) is 0 Å². The summed E-state index contributed by atoms with van der Waals surface area (Å²) in [6.07, 6.45) is 4.28. The zero-order valence-electron chi connectivity index (χ0n) is 9.18. The maximum Gasteiger partial charge on any atom is 0.0357 e. The predicted octanol–water partition coefficient (Wildman–Crippen LogP) is 2.57. The minimum Gasteiger partial charge on any atom is -0.302 e. The summed E-state index contributed by atoms with van der Waals surface area (Å²) in [7, 11) is 4.20. The third-order valence-corrected chi connectivity index (χ3v) is 2.53. The van der Waals surface area contributed by atoms with Crippen molar-refractivity contribution in [3.05, 3.63) is 34.9 Å². The molecule has 0 amide bonds. The van der Waals surface area contributed by atoms with Gasteiger partial charge in [-0.2, -0.15) is 0 Å². The van der Waals surface area contributed by atoms with E-state index in [2.05, 4.69) is 57.6 Å². The Morgan fingerprint density at radius 1 is 1.23 bits per heavy atom. The van der Waals surface area contributed by atoms with Gasteiger partial charge in [0.15, 0.2) is 0 Å². The first kappa shape index (κ1) is 10.3. The Morgan fingerprint density at radius 2 is 1.85 bits per heavy atom. The summed E-state index contributed by atoms with van der Waals surface area (Å²) < 4.78 is 0. The Balaban J connectivity index is 2.97. The fourth-order valence-electron chi connectivity index (χ4n) is 1.38. The minimum atomic E-state index is 0.444. The quantitative estimate of drug-likeness (QED) is 0.584. The average molecular weight is 176 g/mol. The molecule has 0 spiro atoms. The molecule has 0 saturated carbocycles. The van der Waals surface area contributed by atoms with Crippen molar-refractivity contribution in [2.75, 3.05) is 14.1 Å². The SMILES string of the molecule is C[C]1C=CC(C)=C=C1[C@H](C)N(C)C. The van der Waals surface area contributed by atoms with Gasteiger partial charge < -0.3 is 4.90 Å². The maximum absolute atomic E-state index is 3.42. The summed E-state index contributed by atoms with van der Waals surface area (Å²) >= 11 is 0. The summed E-state index contributed by atoms with van der Waals surface area (Å²) in [5.41, 5.74) is 5.94. The normalized spacial score (nSPS) is 20.2. The number of likely N-dealkylation sites (N-methyl/N-ethyl adjacent to an activating group) is 1. The first-order chi connectivity index (χ1) is 6.02. The molecular weight excluding hydrogens is 158 g/mol. The number of allylic oxidation sites excluding steroid dienone is 2. The van der Waals surface area contributed by atoms with E-state index in [9.17, 15) is 0 Å². The highest BCUT2D eigenvalue weighted by atomic mass is 15.1. The first-order valence-corrected chi connectivity index (χ1v) is 4.68. The Kier molecular flexibility index (Phi) is 3.13. The average Bonchev–Trinajstić information content (AvgIpc) is 2.08. The van der Waals surface area contributed by atoms with Gasteiger partial charge in [0.05, 0.1) is 0 Å². The standard InChI is InChI=1S/C12H18N/c1-9-6-7-10(2)12(8-9)11(3)13(4)5/h6-7,11H,1-5H3/t11-/m0/s1. The number of rotatable bonds is 2. The van der Waals surface area contributed by atoms with Gasteiger partial charge in [-0.05, 0) is 39.1 Å². The zero-order valence-corrected chi connectivity index (χ0v) is 9.18. The number of hydrogen-bond acceptors (Lipinski definition) is 1. The van der Waals surface area contributed by atoms with Gasteiger partial charge in [-0.25, -0.2) is 0 Å². The molecule has 0 fully saturated rings. The zero-order chi connectivity index (χ0) is 10.0. The third-order valence-electron chi connectivity index (χ3n) is 2.53. The highest BCUT2D eigenvalue weighted by molar-refractivity contribution is 5.42. The van der Waals surface area contributed by atoms with Crippen molar-refractivity contribution in [2.24, 2.45) is 0 Å². The van der Waals surface area contributed by atoms with Crippen molar-refractivity contribution >= 4 is 0 Å². The molecule has 0 unspecified atom stereocenters. The van der Waals surface area contributed by atoms with Crippen LogP contribution in [0, 0.1) is 5.92 Å². The Bertz CT molecular complexity index is 277. The molecule has 1 atom stereocenters. The molecule has 0 aromatic rings. The minimum absolute atomic E-state index is 0.444. The number of hydrogen-bond donors (Lipinski definition) is 0. The third kappa shape index (κ3) is 2.33. The van der Waals surface area contributed by atoms with Crippen LogP contribution in [-0.4, -0.2) is 25.0 Å². The van der Waals surface area contributed by atoms with Crippen molar-refractivity contribution in [1.82, 2.24) is 4.90 Å². The lowest BCUT2D eigenvalue weighted by Gasteiger charge is -2.25. The molecule has 1 radical (unpaired) electrons. The van der Waals surface area contributed by atoms with E-state index in [0.717, 1.165) is 0 Å². The van der Waals surface area contributed by atoms with Gasteiger partial charge in [0, 0.05) is 12.0 Å². The Morgan fingerprint density at radius 3 is 2.38 bits per heavy atom. The molecule has 0 N–H and O–H groups in total. The predicted molar refractivity (Wildman–Crippen MR) is 57.4 cm³/mol. The van der Waals surface area contributed by atoms with Crippen LogP contribution in [-0.2, 0) is 0 Å². The molecular formula is C12H18N. The highest BCUT2D eigenvalue weighted by Crippen LogP contribution is 2.24. The lowest BCUT2D eigenvalue weighted by atomic mass is 9.91. The second-order valence-corrected chi connectivity index (χ2v) is 3.88. The Labute approximate surface area is 81.4 Å². The summed E-state index contributed by atoms with van der Waals surface area (Å²) in [6.45, 7) is 6.44. The van der Waals surface area contributed by atoms with E-state index in [0.29, 0.717) is 6.04 Å². The summed E-state index contributed by atoms with van der Waals surface area (Å²) in [5, 5.41) is 0. The molecule has 0 heterocycles. The summed E-state index contributed by atoms with van der Waals surface area (Å²) in [6, 6.07) is 0.444. The topological polar surface area (TPSA) is 3.24 Å². The summed E-state index contributed by atoms with van der Waals surface area (Å²) in [5.74, 6) is 1.33. The highest BCUT2D eigenvalue weighted by Gasteiger charge is 2.17. The van der Waals surface area contributed by atoms with Gasteiger partial charge in [0.25, 0.3) is 0 Å². The largest absolute Gasteiger partial charge is 0.302 e. The second kappa shape index (κ2) is 3.95. The van der Waals surface area contributed by atoms with Crippen molar-refractivity contribution in [3.8, 4) is 0 Å². The van der Waals surface area contributed by atoms with Crippen LogP contribution >= 0.6 is 0 Å². The maximum atomic E-state index is 3.42. The molecule has 1 heteroatoms. The van der Waals surface area contributed by atoms with Gasteiger partial charge in [-0.1, -0.05) is 19.1 Å². The molecule has 13 heavy (non-hydrogen) atoms. The van der Waals surface area contributed by atoms with Crippen LogP contribution in [0.4, 0.5) is 0 Å². The van der Waals surface area contributed by atoms with Crippen LogP contribution in [0.1, 0.15) is 20.8 Å². The van der Waals surface area contributed by atoms with Crippen LogP contribution in [0.5, 0.6) is 0 Å². The van der Waals surface area contributed by atoms with E-state index in [4.69, 9.17) is 0 Å². The van der Waals surface area contributed by atoms with Crippen molar-refractivity contribution < 1.29 is 0 Å². The van der Waals surface area contributed by atoms with Crippen LogP contribution in [0.3, 0.4) is 0 Å². The number of nitrogens with zero attached hydrogens (tertiary/aromatic N) is 1. The fourth-order valence-corrected chi connectivity index (χ4v) is 1.38. The molecule has 0 aliphatic heterocycles. The van der Waals surface area contributed by atoms with Crippen LogP contribution < -0.4 is 0 Å². The molecule has 0 bridgehead atoms. The van der Waals surface area contributed by atoms with E-state index >= 15 is 0 Å².